The highest BCUT2D eigenvalue weighted by molar-refractivity contribution is 9.11. The summed E-state index contributed by atoms with van der Waals surface area (Å²) in [5, 5.41) is 2.92. The Morgan fingerprint density at radius 1 is 1.30 bits per heavy atom. The summed E-state index contributed by atoms with van der Waals surface area (Å²) in [5.41, 5.74) is 2.06. The number of amides is 2. The van der Waals surface area contributed by atoms with Crippen LogP contribution in [-0.2, 0) is 15.0 Å². The number of nitrogens with one attached hydrogen (secondary N) is 2. The fraction of sp³-hybridized carbons (Fsp3) is 0.368. The Bertz CT molecular complexity index is 1100. The van der Waals surface area contributed by atoms with Crippen molar-refractivity contribution in [3.63, 3.8) is 0 Å². The van der Waals surface area contributed by atoms with E-state index >= 15 is 0 Å². The first-order chi connectivity index (χ1) is 14.2. The van der Waals surface area contributed by atoms with Crippen LogP contribution < -0.4 is 19.2 Å². The van der Waals surface area contributed by atoms with Gasteiger partial charge in [-0.05, 0) is 65.2 Å². The topological polar surface area (TPSA) is 98.8 Å². The number of thiophene rings is 1. The molecule has 160 valence electrons. The molecule has 0 aliphatic carbocycles. The molecule has 2 amide bonds. The van der Waals surface area contributed by atoms with Crippen molar-refractivity contribution in [2.45, 2.75) is 25.8 Å². The molecular weight excluding hydrogens is 492 g/mol. The van der Waals surface area contributed by atoms with Crippen LogP contribution in [0.5, 0.6) is 0 Å². The van der Waals surface area contributed by atoms with Crippen LogP contribution in [0.4, 0.5) is 11.4 Å². The number of carbonyl (C=O) groups excluding carboxylic acids is 2. The number of hydrogen-bond donors (Lipinski definition) is 2. The van der Waals surface area contributed by atoms with Crippen LogP contribution >= 0.6 is 27.3 Å². The van der Waals surface area contributed by atoms with Crippen molar-refractivity contribution in [2.24, 2.45) is 0 Å². The van der Waals surface area contributed by atoms with Gasteiger partial charge in [0, 0.05) is 31.7 Å². The van der Waals surface area contributed by atoms with E-state index in [1.807, 2.05) is 19.1 Å². The fourth-order valence-corrected chi connectivity index (χ4v) is 6.39. The van der Waals surface area contributed by atoms with E-state index in [0.29, 0.717) is 35.9 Å². The van der Waals surface area contributed by atoms with Gasteiger partial charge in [0.05, 0.1) is 20.4 Å². The van der Waals surface area contributed by atoms with Gasteiger partial charge in [-0.2, -0.15) is 13.1 Å². The number of halogens is 1. The average molecular weight is 513 g/mol. The Hall–Kier alpha value is -1.95. The Kier molecular flexibility index (Phi) is 5.88. The summed E-state index contributed by atoms with van der Waals surface area (Å²) in [6.45, 7) is 3.07. The Morgan fingerprint density at radius 3 is 2.77 bits per heavy atom. The van der Waals surface area contributed by atoms with Crippen LogP contribution in [0.3, 0.4) is 0 Å². The first-order valence-corrected chi connectivity index (χ1v) is 12.5. The summed E-state index contributed by atoms with van der Waals surface area (Å²) in [7, 11) is -3.54. The summed E-state index contributed by atoms with van der Waals surface area (Å²) in [6, 6.07) is 8.58. The summed E-state index contributed by atoms with van der Waals surface area (Å²) < 4.78 is 29.4. The zero-order valence-electron chi connectivity index (χ0n) is 16.2. The molecule has 0 saturated carbocycles. The van der Waals surface area contributed by atoms with Crippen molar-refractivity contribution in [1.82, 2.24) is 10.0 Å². The molecule has 2 N–H and O–H groups in total. The highest BCUT2D eigenvalue weighted by Gasteiger charge is 2.33. The number of nitrogens with zero attached hydrogens (tertiary/aromatic N) is 2. The number of carbonyl (C=O) groups is 2. The normalized spacial score (nSPS) is 21.1. The van der Waals surface area contributed by atoms with Crippen LogP contribution in [0.2, 0.25) is 0 Å². The van der Waals surface area contributed by atoms with E-state index in [4.69, 9.17) is 0 Å². The highest BCUT2D eigenvalue weighted by atomic mass is 79.9. The van der Waals surface area contributed by atoms with E-state index in [-0.39, 0.29) is 24.3 Å². The van der Waals surface area contributed by atoms with Crippen LogP contribution in [-0.4, -0.2) is 45.9 Å². The van der Waals surface area contributed by atoms with Crippen LogP contribution in [0.1, 0.15) is 28.1 Å². The smallest absolute Gasteiger partial charge is 0.301 e. The van der Waals surface area contributed by atoms with Gasteiger partial charge in [-0.15, -0.1) is 11.3 Å². The lowest BCUT2D eigenvalue weighted by molar-refractivity contribution is -0.117. The average Bonchev–Trinajstić information content (AvgIpc) is 3.27. The van der Waals surface area contributed by atoms with Gasteiger partial charge in [-0.25, -0.2) is 0 Å². The Labute approximate surface area is 187 Å². The molecule has 0 spiro atoms. The largest absolute Gasteiger partial charge is 0.346 e. The standard InChI is InChI=1S/C19H21BrN4O4S2/c1-12-9-14(3-4-15(12)24-8-2-7-21-30(24,27)28)23-11-13(10-18(23)25)22-19(26)16-5-6-17(20)29-16/h3-6,9,13,21H,2,7-8,10-11H2,1H3,(H,22,26)/t13-/m1/s1. The van der Waals surface area contributed by atoms with Gasteiger partial charge < -0.3 is 10.2 Å². The summed E-state index contributed by atoms with van der Waals surface area (Å²) in [5.74, 6) is -0.272. The Balaban J connectivity index is 1.48. The van der Waals surface area contributed by atoms with Gasteiger partial charge in [0.1, 0.15) is 0 Å². The molecule has 2 aromatic rings. The molecule has 1 aromatic carbocycles. The van der Waals surface area contributed by atoms with E-state index in [9.17, 15) is 18.0 Å². The second-order valence-corrected chi connectivity index (χ2v) is 11.4. The number of aryl methyl sites for hydroxylation is 1. The second kappa shape index (κ2) is 8.29. The molecule has 2 fully saturated rings. The summed E-state index contributed by atoms with van der Waals surface area (Å²) >= 11 is 4.68. The van der Waals surface area contributed by atoms with Crippen molar-refractivity contribution in [2.75, 3.05) is 28.8 Å². The van der Waals surface area contributed by atoms with E-state index in [2.05, 4.69) is 26.0 Å². The molecule has 30 heavy (non-hydrogen) atoms. The maximum atomic E-state index is 12.6. The zero-order chi connectivity index (χ0) is 21.5. The zero-order valence-corrected chi connectivity index (χ0v) is 19.4. The van der Waals surface area contributed by atoms with Crippen molar-refractivity contribution < 1.29 is 18.0 Å². The third-order valence-corrected chi connectivity index (χ3v) is 8.28. The minimum absolute atomic E-state index is 0.0768. The number of anilines is 2. The molecule has 2 saturated heterocycles. The van der Waals surface area contributed by atoms with Crippen LogP contribution in [0.25, 0.3) is 0 Å². The maximum Gasteiger partial charge on any atom is 0.301 e. The lowest BCUT2D eigenvalue weighted by Crippen LogP contribution is -2.47. The fourth-order valence-electron chi connectivity index (χ4n) is 3.71. The first kappa shape index (κ1) is 21.3. The van der Waals surface area contributed by atoms with E-state index < -0.39 is 10.2 Å². The highest BCUT2D eigenvalue weighted by Crippen LogP contribution is 2.30. The number of rotatable bonds is 4. The van der Waals surface area contributed by atoms with Gasteiger partial charge in [0.25, 0.3) is 5.91 Å². The van der Waals surface area contributed by atoms with Gasteiger partial charge in [0.2, 0.25) is 5.91 Å². The van der Waals surface area contributed by atoms with Crippen molar-refractivity contribution in [1.29, 1.82) is 0 Å². The molecule has 0 bridgehead atoms. The first-order valence-electron chi connectivity index (χ1n) is 9.49. The summed E-state index contributed by atoms with van der Waals surface area (Å²) in [6.07, 6.45) is 0.955. The molecule has 8 nitrogen and oxygen atoms in total. The SMILES string of the molecule is Cc1cc(N2C[C@H](NC(=O)c3ccc(Br)s3)CC2=O)ccc1N1CCCNS1(=O)=O. The molecule has 0 unspecified atom stereocenters. The third-order valence-electron chi connectivity index (χ3n) is 5.13. The maximum absolute atomic E-state index is 12.6. The van der Waals surface area contributed by atoms with E-state index in [1.165, 1.54) is 15.6 Å². The molecule has 4 rings (SSSR count). The van der Waals surface area contributed by atoms with Crippen LogP contribution in [0.15, 0.2) is 34.1 Å². The van der Waals surface area contributed by atoms with Crippen molar-refractivity contribution in [3.05, 3.63) is 44.6 Å². The van der Waals surface area contributed by atoms with Crippen molar-refractivity contribution >= 4 is 60.7 Å². The van der Waals surface area contributed by atoms with Gasteiger partial charge >= 0.3 is 10.2 Å². The monoisotopic (exact) mass is 512 g/mol. The minimum atomic E-state index is -3.54. The molecule has 1 atom stereocenters. The van der Waals surface area contributed by atoms with Crippen molar-refractivity contribution in [3.8, 4) is 0 Å². The molecule has 1 aromatic heterocycles. The molecule has 2 aliphatic rings. The Morgan fingerprint density at radius 2 is 2.10 bits per heavy atom. The minimum Gasteiger partial charge on any atom is -0.346 e. The number of hydrogen-bond acceptors (Lipinski definition) is 5. The predicted octanol–water partition coefficient (Wildman–Crippen LogP) is 2.40. The van der Waals surface area contributed by atoms with E-state index in [1.54, 1.807) is 23.1 Å². The molecule has 0 radical (unpaired) electrons. The molecule has 11 heteroatoms. The van der Waals surface area contributed by atoms with E-state index in [0.717, 1.165) is 15.8 Å². The van der Waals surface area contributed by atoms with Gasteiger partial charge in [-0.3, -0.25) is 13.9 Å². The van der Waals surface area contributed by atoms with Crippen LogP contribution in [0, 0.1) is 6.92 Å². The molecule has 3 heterocycles. The summed E-state index contributed by atoms with van der Waals surface area (Å²) in [4.78, 5) is 27.2. The number of benzene rings is 1. The quantitative estimate of drug-likeness (QED) is 0.656. The predicted molar refractivity (Wildman–Crippen MR) is 120 cm³/mol. The lowest BCUT2D eigenvalue weighted by Gasteiger charge is -2.30. The molecular formula is C19H21BrN4O4S2. The lowest BCUT2D eigenvalue weighted by atomic mass is 10.1. The second-order valence-electron chi connectivity index (χ2n) is 7.28. The molecule has 2 aliphatic heterocycles. The van der Waals surface area contributed by atoms with Gasteiger partial charge in [0.15, 0.2) is 0 Å². The third kappa shape index (κ3) is 4.25. The van der Waals surface area contributed by atoms with Gasteiger partial charge in [-0.1, -0.05) is 0 Å².